The molecule has 3 unspecified atom stereocenters. The molecule has 3 atom stereocenters. The van der Waals surface area contributed by atoms with Gasteiger partial charge in [-0.3, -0.25) is 0 Å². The van der Waals surface area contributed by atoms with E-state index in [4.69, 9.17) is 10.5 Å². The summed E-state index contributed by atoms with van der Waals surface area (Å²) in [5.41, 5.74) is 4.60. The van der Waals surface area contributed by atoms with Crippen LogP contribution in [0.25, 0.3) is 0 Å². The lowest BCUT2D eigenvalue weighted by Gasteiger charge is -2.32. The summed E-state index contributed by atoms with van der Waals surface area (Å²) in [6.45, 7) is 4.31. The number of nitrogens with two attached hydrogens (primary N) is 1. The Bertz CT molecular complexity index is 476. The van der Waals surface area contributed by atoms with Crippen LogP contribution in [0.5, 0.6) is 5.88 Å². The monoisotopic (exact) mass is 288 g/mol. The number of halogens is 3. The van der Waals surface area contributed by atoms with Gasteiger partial charge in [0.05, 0.1) is 5.56 Å². The third-order valence-electron chi connectivity index (χ3n) is 3.99. The molecule has 1 aromatic heterocycles. The Morgan fingerprint density at radius 3 is 2.50 bits per heavy atom. The third-order valence-corrected chi connectivity index (χ3v) is 3.99. The van der Waals surface area contributed by atoms with E-state index in [9.17, 15) is 13.2 Å². The van der Waals surface area contributed by atoms with Gasteiger partial charge in [-0.05, 0) is 37.2 Å². The van der Waals surface area contributed by atoms with E-state index in [0.717, 1.165) is 31.4 Å². The second-order valence-electron chi connectivity index (χ2n) is 5.62. The van der Waals surface area contributed by atoms with Gasteiger partial charge in [0.2, 0.25) is 5.88 Å². The summed E-state index contributed by atoms with van der Waals surface area (Å²) in [6, 6.07) is 1.73. The molecule has 112 valence electrons. The molecule has 1 saturated carbocycles. The average Bonchev–Trinajstić information content (AvgIpc) is 2.32. The Morgan fingerprint density at radius 2 is 1.90 bits per heavy atom. The predicted molar refractivity (Wildman–Crippen MR) is 70.2 cm³/mol. The van der Waals surface area contributed by atoms with Crippen molar-refractivity contribution in [2.45, 2.75) is 45.4 Å². The van der Waals surface area contributed by atoms with Gasteiger partial charge in [0.1, 0.15) is 11.9 Å². The number of rotatable bonds is 2. The number of ether oxygens (including phenoxy) is 1. The zero-order chi connectivity index (χ0) is 14.9. The minimum absolute atomic E-state index is 0.0379. The van der Waals surface area contributed by atoms with Gasteiger partial charge in [-0.1, -0.05) is 13.8 Å². The fourth-order valence-corrected chi connectivity index (χ4v) is 2.53. The first-order chi connectivity index (χ1) is 9.25. The van der Waals surface area contributed by atoms with E-state index < -0.39 is 11.7 Å². The van der Waals surface area contributed by atoms with Crippen LogP contribution in [-0.2, 0) is 6.18 Å². The number of hydrogen-bond donors (Lipinski definition) is 1. The number of nitrogens with zero attached hydrogens (tertiary/aromatic N) is 1. The number of aromatic nitrogens is 1. The molecule has 1 heterocycles. The Labute approximate surface area is 116 Å². The van der Waals surface area contributed by atoms with Crippen molar-refractivity contribution >= 4 is 5.82 Å². The van der Waals surface area contributed by atoms with Crippen LogP contribution in [0.2, 0.25) is 0 Å². The third kappa shape index (κ3) is 3.55. The first-order valence-electron chi connectivity index (χ1n) is 6.77. The molecule has 20 heavy (non-hydrogen) atoms. The van der Waals surface area contributed by atoms with E-state index in [0.29, 0.717) is 11.8 Å². The fraction of sp³-hybridized carbons (Fsp3) is 0.643. The van der Waals surface area contributed by atoms with E-state index in [1.807, 2.05) is 0 Å². The summed E-state index contributed by atoms with van der Waals surface area (Å²) < 4.78 is 43.7. The van der Waals surface area contributed by atoms with Crippen LogP contribution < -0.4 is 10.5 Å². The first kappa shape index (κ1) is 14.9. The highest BCUT2D eigenvalue weighted by Crippen LogP contribution is 2.34. The zero-order valence-electron chi connectivity index (χ0n) is 11.6. The Kier molecular flexibility index (Phi) is 4.11. The Morgan fingerprint density at radius 1 is 1.20 bits per heavy atom. The van der Waals surface area contributed by atoms with Gasteiger partial charge in [-0.2, -0.15) is 18.2 Å². The highest BCUT2D eigenvalue weighted by Gasteiger charge is 2.32. The van der Waals surface area contributed by atoms with Gasteiger partial charge in [-0.15, -0.1) is 0 Å². The Hall–Kier alpha value is -1.46. The standard InChI is InChI=1S/C14H19F3N2O/c1-8-3-4-11(5-9(8)2)20-13-7-10(14(15,16)17)6-12(18)19-13/h6-9,11H,3-5H2,1-2H3,(H2,18,19). The molecule has 1 aliphatic rings. The largest absolute Gasteiger partial charge is 0.474 e. The molecular weight excluding hydrogens is 269 g/mol. The van der Waals surface area contributed by atoms with E-state index in [1.165, 1.54) is 0 Å². The molecule has 1 aliphatic carbocycles. The van der Waals surface area contributed by atoms with Gasteiger partial charge in [0, 0.05) is 6.07 Å². The maximum Gasteiger partial charge on any atom is 0.416 e. The summed E-state index contributed by atoms with van der Waals surface area (Å²) in [5.74, 6) is 0.905. The maximum absolute atomic E-state index is 12.7. The van der Waals surface area contributed by atoms with Gasteiger partial charge >= 0.3 is 6.18 Å². The van der Waals surface area contributed by atoms with Crippen LogP contribution >= 0.6 is 0 Å². The molecule has 1 fully saturated rings. The summed E-state index contributed by atoms with van der Waals surface area (Å²) >= 11 is 0. The molecule has 2 N–H and O–H groups in total. The number of alkyl halides is 3. The molecule has 2 rings (SSSR count). The quantitative estimate of drug-likeness (QED) is 0.898. The van der Waals surface area contributed by atoms with Crippen LogP contribution in [0.3, 0.4) is 0 Å². The van der Waals surface area contributed by atoms with Gasteiger partial charge in [0.15, 0.2) is 0 Å². The minimum atomic E-state index is -4.44. The lowest BCUT2D eigenvalue weighted by molar-refractivity contribution is -0.137. The molecule has 0 aromatic carbocycles. The lowest BCUT2D eigenvalue weighted by Crippen LogP contribution is -2.29. The zero-order valence-corrected chi connectivity index (χ0v) is 11.6. The second kappa shape index (κ2) is 5.50. The van der Waals surface area contributed by atoms with E-state index in [2.05, 4.69) is 18.8 Å². The molecule has 0 saturated heterocycles. The van der Waals surface area contributed by atoms with Crippen molar-refractivity contribution in [3.63, 3.8) is 0 Å². The average molecular weight is 288 g/mol. The van der Waals surface area contributed by atoms with Gasteiger partial charge in [0.25, 0.3) is 0 Å². The summed E-state index contributed by atoms with van der Waals surface area (Å²) in [6.07, 6.45) is -1.84. The van der Waals surface area contributed by atoms with Crippen molar-refractivity contribution in [3.8, 4) is 5.88 Å². The fourth-order valence-electron chi connectivity index (χ4n) is 2.53. The topological polar surface area (TPSA) is 48.1 Å². The summed E-state index contributed by atoms with van der Waals surface area (Å²) in [4.78, 5) is 3.84. The molecule has 0 amide bonds. The number of anilines is 1. The molecule has 0 radical (unpaired) electrons. The molecule has 0 spiro atoms. The second-order valence-corrected chi connectivity index (χ2v) is 5.62. The van der Waals surface area contributed by atoms with Crippen molar-refractivity contribution in [1.82, 2.24) is 4.98 Å². The smallest absolute Gasteiger partial charge is 0.416 e. The lowest BCUT2D eigenvalue weighted by atomic mass is 9.80. The van der Waals surface area contributed by atoms with Crippen molar-refractivity contribution < 1.29 is 17.9 Å². The van der Waals surface area contributed by atoms with E-state index in [1.54, 1.807) is 0 Å². The normalized spacial score (nSPS) is 27.4. The van der Waals surface area contributed by atoms with Crippen molar-refractivity contribution in [1.29, 1.82) is 0 Å². The number of hydrogen-bond acceptors (Lipinski definition) is 3. The van der Waals surface area contributed by atoms with E-state index in [-0.39, 0.29) is 17.8 Å². The van der Waals surface area contributed by atoms with Gasteiger partial charge in [-0.25, -0.2) is 0 Å². The highest BCUT2D eigenvalue weighted by atomic mass is 19.4. The van der Waals surface area contributed by atoms with Crippen molar-refractivity contribution in [2.75, 3.05) is 5.73 Å². The molecule has 3 nitrogen and oxygen atoms in total. The summed E-state index contributed by atoms with van der Waals surface area (Å²) in [7, 11) is 0. The van der Waals surface area contributed by atoms with Gasteiger partial charge < -0.3 is 10.5 Å². The van der Waals surface area contributed by atoms with Crippen molar-refractivity contribution in [3.05, 3.63) is 17.7 Å². The van der Waals surface area contributed by atoms with Crippen LogP contribution in [0.4, 0.5) is 19.0 Å². The Balaban J connectivity index is 2.12. The molecule has 0 aliphatic heterocycles. The highest BCUT2D eigenvalue weighted by molar-refractivity contribution is 5.38. The maximum atomic E-state index is 12.7. The van der Waals surface area contributed by atoms with Crippen molar-refractivity contribution in [2.24, 2.45) is 11.8 Å². The molecule has 0 bridgehead atoms. The van der Waals surface area contributed by atoms with Crippen LogP contribution in [0.1, 0.15) is 38.7 Å². The number of pyridine rings is 1. The number of nitrogen functional groups attached to an aromatic ring is 1. The van der Waals surface area contributed by atoms with Crippen LogP contribution in [-0.4, -0.2) is 11.1 Å². The molecule has 6 heteroatoms. The minimum Gasteiger partial charge on any atom is -0.474 e. The summed E-state index contributed by atoms with van der Waals surface area (Å²) in [5, 5.41) is 0. The molecular formula is C14H19F3N2O. The first-order valence-corrected chi connectivity index (χ1v) is 6.77. The predicted octanol–water partition coefficient (Wildman–Crippen LogP) is 3.89. The molecule has 1 aromatic rings. The van der Waals surface area contributed by atoms with Crippen LogP contribution in [0.15, 0.2) is 12.1 Å². The van der Waals surface area contributed by atoms with Crippen LogP contribution in [0, 0.1) is 11.8 Å². The SMILES string of the molecule is CC1CCC(Oc2cc(C(F)(F)F)cc(N)n2)CC1C. The van der Waals surface area contributed by atoms with E-state index >= 15 is 0 Å².